The standard InChI is InChI=1S/C9H16N4/c10-9-11-7-13(12-9)6-8-4-2-1-3-5-8/h7-8H,1-6H2,(H2,10,12). The number of aromatic nitrogens is 3. The first-order chi connectivity index (χ1) is 6.34. The van der Waals surface area contributed by atoms with Gasteiger partial charge < -0.3 is 5.73 Å². The molecule has 1 fully saturated rings. The van der Waals surface area contributed by atoms with Crippen molar-refractivity contribution in [1.82, 2.24) is 14.8 Å². The fraction of sp³-hybridized carbons (Fsp3) is 0.778. The van der Waals surface area contributed by atoms with E-state index in [0.29, 0.717) is 5.95 Å². The third-order valence-corrected chi connectivity index (χ3v) is 2.72. The highest BCUT2D eigenvalue weighted by Gasteiger charge is 2.14. The van der Waals surface area contributed by atoms with E-state index in [1.54, 1.807) is 6.33 Å². The molecule has 4 heteroatoms. The maximum atomic E-state index is 5.44. The Labute approximate surface area is 78.1 Å². The summed E-state index contributed by atoms with van der Waals surface area (Å²) in [4.78, 5) is 3.91. The molecule has 1 aromatic heterocycles. The van der Waals surface area contributed by atoms with E-state index in [2.05, 4.69) is 10.1 Å². The molecule has 72 valence electrons. The van der Waals surface area contributed by atoms with Crippen LogP contribution in [0, 0.1) is 5.92 Å². The molecule has 0 radical (unpaired) electrons. The van der Waals surface area contributed by atoms with Gasteiger partial charge in [-0.3, -0.25) is 4.68 Å². The normalized spacial score (nSPS) is 19.1. The lowest BCUT2D eigenvalue weighted by Gasteiger charge is -2.20. The fourth-order valence-electron chi connectivity index (χ4n) is 2.03. The van der Waals surface area contributed by atoms with Crippen molar-refractivity contribution >= 4 is 5.95 Å². The lowest BCUT2D eigenvalue weighted by molar-refractivity contribution is 0.308. The Morgan fingerprint density at radius 3 is 2.77 bits per heavy atom. The summed E-state index contributed by atoms with van der Waals surface area (Å²) in [5.41, 5.74) is 5.44. The van der Waals surface area contributed by atoms with Crippen LogP contribution < -0.4 is 5.73 Å². The molecule has 0 spiro atoms. The number of nitrogens with zero attached hydrogens (tertiary/aromatic N) is 3. The van der Waals surface area contributed by atoms with E-state index >= 15 is 0 Å². The summed E-state index contributed by atoms with van der Waals surface area (Å²) in [5.74, 6) is 1.17. The van der Waals surface area contributed by atoms with Crippen molar-refractivity contribution in [3.8, 4) is 0 Å². The summed E-state index contributed by atoms with van der Waals surface area (Å²) in [6.07, 6.45) is 8.53. The van der Waals surface area contributed by atoms with Crippen LogP contribution in [0.5, 0.6) is 0 Å². The van der Waals surface area contributed by atoms with Gasteiger partial charge in [0, 0.05) is 6.54 Å². The minimum Gasteiger partial charge on any atom is -0.367 e. The minimum absolute atomic E-state index is 0.385. The van der Waals surface area contributed by atoms with E-state index in [9.17, 15) is 0 Å². The molecule has 1 aliphatic carbocycles. The Bertz CT molecular complexity index is 262. The first-order valence-corrected chi connectivity index (χ1v) is 4.99. The largest absolute Gasteiger partial charge is 0.367 e. The average molecular weight is 180 g/mol. The number of nitrogens with two attached hydrogens (primary N) is 1. The molecule has 1 heterocycles. The van der Waals surface area contributed by atoms with Gasteiger partial charge in [0.15, 0.2) is 0 Å². The predicted octanol–water partition coefficient (Wildman–Crippen LogP) is 1.44. The third kappa shape index (κ3) is 2.20. The minimum atomic E-state index is 0.385. The summed E-state index contributed by atoms with van der Waals surface area (Å²) >= 11 is 0. The van der Waals surface area contributed by atoms with Crippen molar-refractivity contribution < 1.29 is 0 Å². The second-order valence-electron chi connectivity index (χ2n) is 3.83. The second-order valence-corrected chi connectivity index (χ2v) is 3.83. The smallest absolute Gasteiger partial charge is 0.239 e. The van der Waals surface area contributed by atoms with Crippen LogP contribution in [-0.2, 0) is 6.54 Å². The summed E-state index contributed by atoms with van der Waals surface area (Å²) < 4.78 is 1.87. The molecule has 0 unspecified atom stereocenters. The van der Waals surface area contributed by atoms with Gasteiger partial charge in [-0.2, -0.15) is 0 Å². The van der Waals surface area contributed by atoms with Gasteiger partial charge in [0.2, 0.25) is 5.95 Å². The molecule has 4 nitrogen and oxygen atoms in total. The number of hydrogen-bond acceptors (Lipinski definition) is 3. The van der Waals surface area contributed by atoms with Crippen LogP contribution in [0.2, 0.25) is 0 Å². The maximum Gasteiger partial charge on any atom is 0.239 e. The Morgan fingerprint density at radius 1 is 1.38 bits per heavy atom. The number of hydrogen-bond donors (Lipinski definition) is 1. The van der Waals surface area contributed by atoms with E-state index < -0.39 is 0 Å². The number of nitrogen functional groups attached to an aromatic ring is 1. The molecule has 0 aliphatic heterocycles. The zero-order chi connectivity index (χ0) is 9.10. The van der Waals surface area contributed by atoms with E-state index in [0.717, 1.165) is 12.5 Å². The number of rotatable bonds is 2. The SMILES string of the molecule is Nc1ncn(CC2CCCCC2)n1. The quantitative estimate of drug-likeness (QED) is 0.749. The first kappa shape index (κ1) is 8.53. The van der Waals surface area contributed by atoms with Gasteiger partial charge in [-0.1, -0.05) is 19.3 Å². The predicted molar refractivity (Wildman–Crippen MR) is 51.0 cm³/mol. The zero-order valence-electron chi connectivity index (χ0n) is 7.82. The highest BCUT2D eigenvalue weighted by atomic mass is 15.4. The van der Waals surface area contributed by atoms with Crippen molar-refractivity contribution in [2.24, 2.45) is 5.92 Å². The number of anilines is 1. The lowest BCUT2D eigenvalue weighted by Crippen LogP contribution is -2.14. The molecule has 0 aromatic carbocycles. The van der Waals surface area contributed by atoms with E-state index in [4.69, 9.17) is 5.73 Å². The van der Waals surface area contributed by atoms with Gasteiger partial charge in [0.1, 0.15) is 6.33 Å². The Kier molecular flexibility index (Phi) is 2.47. The van der Waals surface area contributed by atoms with Gasteiger partial charge in [-0.15, -0.1) is 5.10 Å². The van der Waals surface area contributed by atoms with Gasteiger partial charge in [-0.25, -0.2) is 4.98 Å². The fourth-order valence-corrected chi connectivity index (χ4v) is 2.03. The van der Waals surface area contributed by atoms with Crippen LogP contribution in [0.3, 0.4) is 0 Å². The molecular formula is C9H16N4. The molecule has 1 saturated carbocycles. The van der Waals surface area contributed by atoms with Gasteiger partial charge in [-0.05, 0) is 18.8 Å². The van der Waals surface area contributed by atoms with Gasteiger partial charge in [0.05, 0.1) is 0 Å². The van der Waals surface area contributed by atoms with Crippen LogP contribution in [0.15, 0.2) is 6.33 Å². The summed E-state index contributed by atoms with van der Waals surface area (Å²) in [7, 11) is 0. The zero-order valence-corrected chi connectivity index (χ0v) is 7.82. The van der Waals surface area contributed by atoms with Crippen molar-refractivity contribution in [1.29, 1.82) is 0 Å². The van der Waals surface area contributed by atoms with E-state index in [1.807, 2.05) is 4.68 Å². The topological polar surface area (TPSA) is 56.7 Å². The first-order valence-electron chi connectivity index (χ1n) is 4.99. The molecule has 13 heavy (non-hydrogen) atoms. The summed E-state index contributed by atoms with van der Waals surface area (Å²) in [6.45, 7) is 0.990. The molecule has 2 N–H and O–H groups in total. The monoisotopic (exact) mass is 180 g/mol. The maximum absolute atomic E-state index is 5.44. The van der Waals surface area contributed by atoms with Gasteiger partial charge in [0.25, 0.3) is 0 Å². The molecule has 0 bridgehead atoms. The van der Waals surface area contributed by atoms with Gasteiger partial charge >= 0.3 is 0 Å². The van der Waals surface area contributed by atoms with Crippen molar-refractivity contribution in [3.05, 3.63) is 6.33 Å². The highest BCUT2D eigenvalue weighted by molar-refractivity contribution is 5.09. The molecule has 0 atom stereocenters. The Morgan fingerprint density at radius 2 is 2.15 bits per heavy atom. The van der Waals surface area contributed by atoms with Crippen LogP contribution in [0.1, 0.15) is 32.1 Å². The van der Waals surface area contributed by atoms with E-state index in [-0.39, 0.29) is 0 Å². The average Bonchev–Trinajstić information content (AvgIpc) is 2.53. The van der Waals surface area contributed by atoms with Crippen LogP contribution in [0.4, 0.5) is 5.95 Å². The molecule has 1 aliphatic rings. The van der Waals surface area contributed by atoms with E-state index in [1.165, 1.54) is 32.1 Å². The molecular weight excluding hydrogens is 164 g/mol. The van der Waals surface area contributed by atoms with Crippen molar-refractivity contribution in [2.75, 3.05) is 5.73 Å². The lowest BCUT2D eigenvalue weighted by atomic mass is 9.89. The van der Waals surface area contributed by atoms with Crippen LogP contribution in [0.25, 0.3) is 0 Å². The Balaban J connectivity index is 1.89. The highest BCUT2D eigenvalue weighted by Crippen LogP contribution is 2.24. The van der Waals surface area contributed by atoms with Crippen LogP contribution in [-0.4, -0.2) is 14.8 Å². The molecule has 2 rings (SSSR count). The van der Waals surface area contributed by atoms with Crippen molar-refractivity contribution in [2.45, 2.75) is 38.6 Å². The third-order valence-electron chi connectivity index (χ3n) is 2.72. The molecule has 0 saturated heterocycles. The Hall–Kier alpha value is -1.06. The van der Waals surface area contributed by atoms with Crippen molar-refractivity contribution in [3.63, 3.8) is 0 Å². The summed E-state index contributed by atoms with van der Waals surface area (Å²) in [6, 6.07) is 0. The molecule has 1 aromatic rings. The second kappa shape index (κ2) is 3.77. The molecule has 0 amide bonds. The van der Waals surface area contributed by atoms with Crippen LogP contribution >= 0.6 is 0 Å². The summed E-state index contributed by atoms with van der Waals surface area (Å²) in [5, 5.41) is 4.09.